The minimum atomic E-state index is -5.06. The van der Waals surface area contributed by atoms with Crippen molar-refractivity contribution in [3.63, 3.8) is 0 Å². The topological polar surface area (TPSA) is 68.7 Å². The summed E-state index contributed by atoms with van der Waals surface area (Å²) in [5.41, 5.74) is 6.44. The third kappa shape index (κ3) is 3.02. The van der Waals surface area contributed by atoms with Crippen LogP contribution in [0.15, 0.2) is 46.9 Å². The SMILES string of the molecule is NCC1=CC(OC(=O)C(F)(F)F)N(c2ccoc2)C=C1. The van der Waals surface area contributed by atoms with Crippen LogP contribution in [-0.2, 0) is 9.53 Å². The molecule has 0 amide bonds. The molecular weight excluding hydrogens is 277 g/mol. The maximum absolute atomic E-state index is 12.3. The van der Waals surface area contributed by atoms with E-state index in [1.807, 2.05) is 0 Å². The lowest BCUT2D eigenvalue weighted by Gasteiger charge is -2.30. The van der Waals surface area contributed by atoms with Gasteiger partial charge in [0, 0.05) is 18.8 Å². The van der Waals surface area contributed by atoms with Gasteiger partial charge in [-0.25, -0.2) is 4.79 Å². The zero-order valence-corrected chi connectivity index (χ0v) is 10.1. The van der Waals surface area contributed by atoms with Crippen molar-refractivity contribution in [2.75, 3.05) is 11.4 Å². The first-order chi connectivity index (χ1) is 9.41. The summed E-state index contributed by atoms with van der Waals surface area (Å²) in [7, 11) is 0. The van der Waals surface area contributed by atoms with E-state index in [2.05, 4.69) is 4.74 Å². The molecule has 1 atom stereocenters. The molecule has 2 N–H and O–H groups in total. The van der Waals surface area contributed by atoms with Crippen LogP contribution in [0.25, 0.3) is 0 Å². The lowest BCUT2D eigenvalue weighted by Crippen LogP contribution is -2.39. The third-order valence-electron chi connectivity index (χ3n) is 2.58. The van der Waals surface area contributed by atoms with Gasteiger partial charge in [0.05, 0.1) is 12.0 Å². The van der Waals surface area contributed by atoms with Gasteiger partial charge in [0.1, 0.15) is 6.26 Å². The Bertz CT molecular complexity index is 535. The Kier molecular flexibility index (Phi) is 3.84. The Hall–Kier alpha value is -2.22. The van der Waals surface area contributed by atoms with Crippen molar-refractivity contribution in [1.29, 1.82) is 0 Å². The average molecular weight is 288 g/mol. The number of esters is 1. The first kappa shape index (κ1) is 14.2. The van der Waals surface area contributed by atoms with E-state index >= 15 is 0 Å². The fourth-order valence-corrected chi connectivity index (χ4v) is 1.62. The molecule has 0 aliphatic carbocycles. The Labute approximate surface area is 112 Å². The molecule has 0 saturated carbocycles. The van der Waals surface area contributed by atoms with E-state index in [1.165, 1.54) is 35.8 Å². The van der Waals surface area contributed by atoms with Crippen molar-refractivity contribution < 1.29 is 27.1 Å². The Morgan fingerprint density at radius 2 is 2.25 bits per heavy atom. The molecule has 0 aromatic carbocycles. The lowest BCUT2D eigenvalue weighted by atomic mass is 10.1. The van der Waals surface area contributed by atoms with E-state index in [-0.39, 0.29) is 6.54 Å². The minimum absolute atomic E-state index is 0.121. The zero-order valence-electron chi connectivity index (χ0n) is 10.1. The van der Waals surface area contributed by atoms with E-state index in [1.54, 1.807) is 6.08 Å². The molecule has 0 fully saturated rings. The normalized spacial score (nSPS) is 18.9. The number of nitrogens with two attached hydrogens (primary N) is 1. The van der Waals surface area contributed by atoms with Gasteiger partial charge in [-0.1, -0.05) is 0 Å². The summed E-state index contributed by atoms with van der Waals surface area (Å²) in [6.45, 7) is 0.121. The average Bonchev–Trinajstić information content (AvgIpc) is 2.91. The molecule has 0 bridgehead atoms. The van der Waals surface area contributed by atoms with Crippen LogP contribution in [0.5, 0.6) is 0 Å². The van der Waals surface area contributed by atoms with Gasteiger partial charge in [-0.15, -0.1) is 0 Å². The molecule has 2 rings (SSSR count). The standard InChI is InChI=1S/C12H11F3N2O3/c13-12(14,15)11(18)20-10-5-8(6-16)1-3-17(10)9-2-4-19-7-9/h1-5,7,10H,6,16H2. The van der Waals surface area contributed by atoms with Gasteiger partial charge in [0.2, 0.25) is 0 Å². The Morgan fingerprint density at radius 3 is 2.80 bits per heavy atom. The molecule has 1 aliphatic rings. The van der Waals surface area contributed by atoms with Gasteiger partial charge in [-0.05, 0) is 17.7 Å². The van der Waals surface area contributed by atoms with Gasteiger partial charge in [0.25, 0.3) is 0 Å². The van der Waals surface area contributed by atoms with E-state index < -0.39 is 18.4 Å². The third-order valence-corrected chi connectivity index (χ3v) is 2.58. The summed E-state index contributed by atoms with van der Waals surface area (Å²) in [6.07, 6.45) is 0.821. The van der Waals surface area contributed by atoms with Crippen molar-refractivity contribution in [2.24, 2.45) is 5.73 Å². The maximum Gasteiger partial charge on any atom is 0.491 e. The number of carbonyl (C=O) groups is 1. The predicted octanol–water partition coefficient (Wildman–Crippen LogP) is 1.93. The maximum atomic E-state index is 12.3. The molecule has 108 valence electrons. The molecule has 1 aliphatic heterocycles. The summed E-state index contributed by atoms with van der Waals surface area (Å²) in [4.78, 5) is 12.3. The smallest absolute Gasteiger partial charge is 0.470 e. The van der Waals surface area contributed by atoms with E-state index in [0.29, 0.717) is 11.3 Å². The number of halogens is 3. The fourth-order valence-electron chi connectivity index (χ4n) is 1.62. The molecule has 0 saturated heterocycles. The highest BCUT2D eigenvalue weighted by atomic mass is 19.4. The molecule has 1 aromatic rings. The van der Waals surface area contributed by atoms with Crippen LogP contribution in [0, 0.1) is 0 Å². The summed E-state index contributed by atoms with van der Waals surface area (Å²) in [5.74, 6) is -2.26. The van der Waals surface area contributed by atoms with Crippen LogP contribution in [0.3, 0.4) is 0 Å². The number of carbonyl (C=O) groups excluding carboxylic acids is 1. The summed E-state index contributed by atoms with van der Waals surface area (Å²) < 4.78 is 46.2. The van der Waals surface area contributed by atoms with E-state index in [9.17, 15) is 18.0 Å². The largest absolute Gasteiger partial charge is 0.491 e. The number of furan rings is 1. The van der Waals surface area contributed by atoms with E-state index in [0.717, 1.165) is 0 Å². The van der Waals surface area contributed by atoms with Gasteiger partial charge < -0.3 is 19.8 Å². The highest BCUT2D eigenvalue weighted by Gasteiger charge is 2.43. The van der Waals surface area contributed by atoms with Crippen LogP contribution < -0.4 is 10.6 Å². The van der Waals surface area contributed by atoms with E-state index in [4.69, 9.17) is 10.2 Å². The van der Waals surface area contributed by atoms with Gasteiger partial charge in [-0.3, -0.25) is 0 Å². The van der Waals surface area contributed by atoms with Crippen molar-refractivity contribution in [3.8, 4) is 0 Å². The number of rotatable bonds is 3. The van der Waals surface area contributed by atoms with Crippen LogP contribution >= 0.6 is 0 Å². The van der Waals surface area contributed by atoms with Gasteiger partial charge in [0.15, 0.2) is 6.23 Å². The summed E-state index contributed by atoms with van der Waals surface area (Å²) in [6, 6.07) is 1.53. The highest BCUT2D eigenvalue weighted by Crippen LogP contribution is 2.26. The molecule has 8 heteroatoms. The Morgan fingerprint density at radius 1 is 1.50 bits per heavy atom. The molecule has 0 spiro atoms. The van der Waals surface area contributed by atoms with Crippen molar-refractivity contribution >= 4 is 11.7 Å². The highest BCUT2D eigenvalue weighted by molar-refractivity contribution is 5.76. The van der Waals surface area contributed by atoms with Gasteiger partial charge in [-0.2, -0.15) is 13.2 Å². The quantitative estimate of drug-likeness (QED) is 0.861. The molecule has 0 radical (unpaired) electrons. The second-order valence-corrected chi connectivity index (χ2v) is 3.94. The second kappa shape index (κ2) is 5.41. The molecule has 2 heterocycles. The Balaban J connectivity index is 2.22. The fraction of sp³-hybridized carbons (Fsp3) is 0.250. The van der Waals surface area contributed by atoms with Crippen LogP contribution in [0.4, 0.5) is 18.9 Å². The molecular formula is C12H11F3N2O3. The molecule has 5 nitrogen and oxygen atoms in total. The second-order valence-electron chi connectivity index (χ2n) is 3.94. The van der Waals surface area contributed by atoms with Crippen molar-refractivity contribution in [3.05, 3.63) is 42.5 Å². The molecule has 1 unspecified atom stereocenters. The first-order valence-electron chi connectivity index (χ1n) is 5.59. The molecule has 1 aromatic heterocycles. The lowest BCUT2D eigenvalue weighted by molar-refractivity contribution is -0.202. The number of anilines is 1. The number of alkyl halides is 3. The van der Waals surface area contributed by atoms with Crippen molar-refractivity contribution in [2.45, 2.75) is 12.4 Å². The summed E-state index contributed by atoms with van der Waals surface area (Å²) in [5, 5.41) is 0. The van der Waals surface area contributed by atoms with Crippen LogP contribution in [0.1, 0.15) is 0 Å². The number of hydrogen-bond donors (Lipinski definition) is 1. The number of ether oxygens (including phenoxy) is 1. The van der Waals surface area contributed by atoms with Crippen molar-refractivity contribution in [1.82, 2.24) is 0 Å². The summed E-state index contributed by atoms with van der Waals surface area (Å²) >= 11 is 0. The van der Waals surface area contributed by atoms with Gasteiger partial charge >= 0.3 is 12.1 Å². The number of hydrogen-bond acceptors (Lipinski definition) is 5. The monoisotopic (exact) mass is 288 g/mol. The first-order valence-corrected chi connectivity index (χ1v) is 5.59. The minimum Gasteiger partial charge on any atom is -0.470 e. The predicted molar refractivity (Wildman–Crippen MR) is 63.4 cm³/mol. The van der Waals surface area contributed by atoms with Crippen LogP contribution in [-0.4, -0.2) is 24.9 Å². The van der Waals surface area contributed by atoms with Crippen LogP contribution in [0.2, 0.25) is 0 Å². The molecule has 20 heavy (non-hydrogen) atoms. The zero-order chi connectivity index (χ0) is 14.8. The number of nitrogens with zero attached hydrogens (tertiary/aromatic N) is 1.